The number of hydrogen-bond acceptors (Lipinski definition) is 0. The van der Waals surface area contributed by atoms with Gasteiger partial charge in [0, 0.05) is 5.38 Å². The highest BCUT2D eigenvalue weighted by Crippen LogP contribution is 2.23. The molecule has 0 heterocycles. The van der Waals surface area contributed by atoms with Crippen LogP contribution in [0.25, 0.3) is 0 Å². The molecule has 102 valence electrons. The summed E-state index contributed by atoms with van der Waals surface area (Å²) in [5, 5.41) is 0.312. The van der Waals surface area contributed by atoms with E-state index in [9.17, 15) is 0 Å². The van der Waals surface area contributed by atoms with Crippen molar-refractivity contribution in [3.8, 4) is 0 Å². The van der Waals surface area contributed by atoms with Crippen LogP contribution in [0.2, 0.25) is 0 Å². The zero-order valence-electron chi connectivity index (χ0n) is 12.5. The number of alkyl halides is 1. The largest absolute Gasteiger partial charge is 0.123 e. The van der Waals surface area contributed by atoms with Gasteiger partial charge in [-0.3, -0.25) is 0 Å². The fourth-order valence-electron chi connectivity index (χ4n) is 2.12. The lowest BCUT2D eigenvalue weighted by atomic mass is 9.86. The van der Waals surface area contributed by atoms with Gasteiger partial charge in [-0.15, -0.1) is 11.6 Å². The molecule has 0 aliphatic carbocycles. The zero-order chi connectivity index (χ0) is 13.8. The minimum Gasteiger partial charge on any atom is -0.123 e. The lowest BCUT2D eigenvalue weighted by molar-refractivity contribution is 0.544. The van der Waals surface area contributed by atoms with E-state index in [1.165, 1.54) is 11.1 Å². The summed E-state index contributed by atoms with van der Waals surface area (Å²) < 4.78 is 0. The topological polar surface area (TPSA) is 0 Å². The van der Waals surface area contributed by atoms with E-state index in [0.717, 1.165) is 19.3 Å². The zero-order valence-corrected chi connectivity index (χ0v) is 13.2. The van der Waals surface area contributed by atoms with E-state index in [-0.39, 0.29) is 5.41 Å². The number of hydrogen-bond donors (Lipinski definition) is 0. The van der Waals surface area contributed by atoms with Crippen molar-refractivity contribution in [3.05, 3.63) is 35.4 Å². The van der Waals surface area contributed by atoms with Gasteiger partial charge in [-0.05, 0) is 41.7 Å². The molecule has 1 heteroatoms. The average molecular weight is 267 g/mol. The van der Waals surface area contributed by atoms with Crippen molar-refractivity contribution >= 4 is 11.6 Å². The van der Waals surface area contributed by atoms with E-state index >= 15 is 0 Å². The van der Waals surface area contributed by atoms with Gasteiger partial charge in [-0.1, -0.05) is 58.9 Å². The summed E-state index contributed by atoms with van der Waals surface area (Å²) in [6, 6.07) is 9.00. The Morgan fingerprint density at radius 3 is 2.06 bits per heavy atom. The van der Waals surface area contributed by atoms with E-state index in [2.05, 4.69) is 58.9 Å². The Kier molecular flexibility index (Phi) is 5.72. The number of halogens is 1. The van der Waals surface area contributed by atoms with Crippen LogP contribution in [-0.2, 0) is 11.8 Å². The van der Waals surface area contributed by atoms with Gasteiger partial charge >= 0.3 is 0 Å². The highest BCUT2D eigenvalue weighted by atomic mass is 35.5. The first-order chi connectivity index (χ1) is 8.29. The molecule has 0 spiro atoms. The predicted octanol–water partition coefficient (Wildman–Crippen LogP) is 5.57. The first-order valence-electron chi connectivity index (χ1n) is 7.02. The normalized spacial score (nSPS) is 13.9. The molecular formula is C17H27Cl. The van der Waals surface area contributed by atoms with E-state index < -0.39 is 0 Å². The summed E-state index contributed by atoms with van der Waals surface area (Å²) in [7, 11) is 0. The number of aryl methyl sites for hydroxylation is 1. The maximum atomic E-state index is 6.33. The van der Waals surface area contributed by atoms with Crippen LogP contribution in [0.3, 0.4) is 0 Å². The summed E-state index contributed by atoms with van der Waals surface area (Å²) in [5.41, 5.74) is 3.04. The second-order valence-electron chi connectivity index (χ2n) is 6.71. The van der Waals surface area contributed by atoms with Crippen LogP contribution in [0.15, 0.2) is 24.3 Å². The molecule has 1 rings (SSSR count). The first kappa shape index (κ1) is 15.6. The van der Waals surface area contributed by atoms with Gasteiger partial charge in [0.2, 0.25) is 0 Å². The van der Waals surface area contributed by atoms with Crippen LogP contribution in [0.4, 0.5) is 0 Å². The maximum Gasteiger partial charge on any atom is 0.0341 e. The Balaban J connectivity index is 2.49. The Morgan fingerprint density at radius 2 is 1.61 bits per heavy atom. The van der Waals surface area contributed by atoms with Crippen molar-refractivity contribution in [2.45, 2.75) is 64.7 Å². The number of benzene rings is 1. The standard InChI is InChI=1S/C17H27Cl/c1-13(2)12-16(18)11-8-14-6-9-15(10-7-14)17(3,4)5/h6-7,9-10,13,16H,8,11-12H2,1-5H3. The molecular weight excluding hydrogens is 240 g/mol. The third kappa shape index (κ3) is 5.44. The van der Waals surface area contributed by atoms with Crippen molar-refractivity contribution in [1.82, 2.24) is 0 Å². The maximum absolute atomic E-state index is 6.33. The Hall–Kier alpha value is -0.490. The molecule has 0 aliphatic heterocycles. The van der Waals surface area contributed by atoms with Crippen molar-refractivity contribution in [1.29, 1.82) is 0 Å². The highest BCUT2D eigenvalue weighted by molar-refractivity contribution is 6.20. The van der Waals surface area contributed by atoms with E-state index in [0.29, 0.717) is 11.3 Å². The molecule has 0 saturated carbocycles. The molecule has 1 unspecified atom stereocenters. The molecule has 0 N–H and O–H groups in total. The molecule has 0 bridgehead atoms. The molecule has 1 atom stereocenters. The summed E-state index contributed by atoms with van der Waals surface area (Å²) in [6.45, 7) is 11.2. The Morgan fingerprint density at radius 1 is 1.06 bits per heavy atom. The minimum absolute atomic E-state index is 0.241. The second kappa shape index (κ2) is 6.61. The molecule has 1 aromatic carbocycles. The predicted molar refractivity (Wildman–Crippen MR) is 82.6 cm³/mol. The highest BCUT2D eigenvalue weighted by Gasteiger charge is 2.13. The molecule has 0 nitrogen and oxygen atoms in total. The Labute approximate surface area is 118 Å². The quantitative estimate of drug-likeness (QED) is 0.611. The summed E-state index contributed by atoms with van der Waals surface area (Å²) in [4.78, 5) is 0. The molecule has 0 radical (unpaired) electrons. The minimum atomic E-state index is 0.241. The van der Waals surface area contributed by atoms with Crippen molar-refractivity contribution in [2.75, 3.05) is 0 Å². The van der Waals surface area contributed by atoms with Crippen LogP contribution in [-0.4, -0.2) is 5.38 Å². The summed E-state index contributed by atoms with van der Waals surface area (Å²) >= 11 is 6.33. The van der Waals surface area contributed by atoms with Crippen LogP contribution in [0.1, 0.15) is 58.6 Å². The lowest BCUT2D eigenvalue weighted by Gasteiger charge is -2.19. The molecule has 0 amide bonds. The van der Waals surface area contributed by atoms with Gasteiger partial charge in [-0.25, -0.2) is 0 Å². The monoisotopic (exact) mass is 266 g/mol. The van der Waals surface area contributed by atoms with Gasteiger partial charge in [0.05, 0.1) is 0 Å². The average Bonchev–Trinajstić information content (AvgIpc) is 2.25. The first-order valence-corrected chi connectivity index (χ1v) is 7.46. The molecule has 18 heavy (non-hydrogen) atoms. The molecule has 0 aromatic heterocycles. The fraction of sp³-hybridized carbons (Fsp3) is 0.647. The van der Waals surface area contributed by atoms with Crippen molar-refractivity contribution < 1.29 is 0 Å². The van der Waals surface area contributed by atoms with Gasteiger partial charge in [-0.2, -0.15) is 0 Å². The smallest absolute Gasteiger partial charge is 0.0341 e. The third-order valence-electron chi connectivity index (χ3n) is 3.29. The van der Waals surface area contributed by atoms with Crippen LogP contribution in [0.5, 0.6) is 0 Å². The van der Waals surface area contributed by atoms with Gasteiger partial charge in [0.1, 0.15) is 0 Å². The van der Waals surface area contributed by atoms with E-state index in [1.54, 1.807) is 0 Å². The van der Waals surface area contributed by atoms with Gasteiger partial charge < -0.3 is 0 Å². The van der Waals surface area contributed by atoms with Crippen LogP contribution >= 0.6 is 11.6 Å². The molecule has 1 aromatic rings. The van der Waals surface area contributed by atoms with E-state index in [1.807, 2.05) is 0 Å². The van der Waals surface area contributed by atoms with Crippen LogP contribution < -0.4 is 0 Å². The molecule has 0 aliphatic rings. The van der Waals surface area contributed by atoms with Crippen LogP contribution in [0, 0.1) is 5.92 Å². The number of rotatable bonds is 5. The summed E-state index contributed by atoms with van der Waals surface area (Å²) in [5.74, 6) is 0.691. The molecule has 0 saturated heterocycles. The summed E-state index contributed by atoms with van der Waals surface area (Å²) in [6.07, 6.45) is 3.28. The van der Waals surface area contributed by atoms with E-state index in [4.69, 9.17) is 11.6 Å². The van der Waals surface area contributed by atoms with Crippen molar-refractivity contribution in [3.63, 3.8) is 0 Å². The van der Waals surface area contributed by atoms with Crippen molar-refractivity contribution in [2.24, 2.45) is 5.92 Å². The lowest BCUT2D eigenvalue weighted by Crippen LogP contribution is -2.11. The second-order valence-corrected chi connectivity index (χ2v) is 7.33. The molecule has 0 fully saturated rings. The third-order valence-corrected chi connectivity index (χ3v) is 3.69. The Bertz CT molecular complexity index is 343. The SMILES string of the molecule is CC(C)CC(Cl)CCc1ccc(C(C)(C)C)cc1. The van der Waals surface area contributed by atoms with Gasteiger partial charge in [0.15, 0.2) is 0 Å². The van der Waals surface area contributed by atoms with Gasteiger partial charge in [0.25, 0.3) is 0 Å². The fourth-order valence-corrected chi connectivity index (χ4v) is 2.59.